The Balaban J connectivity index is 1.82. The number of para-hydroxylation sites is 1. The molecule has 0 fully saturated rings. The molecule has 22 heavy (non-hydrogen) atoms. The van der Waals surface area contributed by atoms with Gasteiger partial charge in [0.15, 0.2) is 11.5 Å². The molecule has 1 aliphatic heterocycles. The smallest absolute Gasteiger partial charge is 0.255 e. The fourth-order valence-electron chi connectivity index (χ4n) is 2.69. The molecule has 1 N–H and O–H groups in total. The standard InChI is InChI=1S/C17H19NO4/c1-10-9-14(12(3)22-10)11(2)18-17(19)13-5-4-6-15-16(13)21-8-7-20-15/h4-6,9,11H,7-8H2,1-3H3,(H,18,19)/t11-/m0/s1. The number of hydrogen-bond donors (Lipinski definition) is 1. The SMILES string of the molecule is Cc1cc([C@H](C)NC(=O)c2cccc3c2OCCO3)c(C)o1. The van der Waals surface area contributed by atoms with Gasteiger partial charge in [0, 0.05) is 5.56 Å². The molecule has 2 heterocycles. The third-order valence-corrected chi connectivity index (χ3v) is 3.70. The van der Waals surface area contributed by atoms with E-state index < -0.39 is 0 Å². The van der Waals surface area contributed by atoms with E-state index in [2.05, 4.69) is 5.32 Å². The molecule has 0 aliphatic carbocycles. The van der Waals surface area contributed by atoms with Crippen molar-refractivity contribution < 1.29 is 18.7 Å². The highest BCUT2D eigenvalue weighted by atomic mass is 16.6. The number of amides is 1. The highest BCUT2D eigenvalue weighted by Gasteiger charge is 2.22. The zero-order chi connectivity index (χ0) is 15.7. The van der Waals surface area contributed by atoms with Crippen molar-refractivity contribution in [3.63, 3.8) is 0 Å². The van der Waals surface area contributed by atoms with E-state index in [9.17, 15) is 4.79 Å². The summed E-state index contributed by atoms with van der Waals surface area (Å²) in [5, 5.41) is 2.98. The van der Waals surface area contributed by atoms with Gasteiger partial charge in [-0.05, 0) is 39.0 Å². The first kappa shape index (κ1) is 14.5. The monoisotopic (exact) mass is 301 g/mol. The molecule has 0 spiro atoms. The molecule has 0 unspecified atom stereocenters. The maximum atomic E-state index is 12.5. The number of furan rings is 1. The summed E-state index contributed by atoms with van der Waals surface area (Å²) >= 11 is 0. The second kappa shape index (κ2) is 5.75. The van der Waals surface area contributed by atoms with Crippen LogP contribution in [0.4, 0.5) is 0 Å². The Morgan fingerprint density at radius 1 is 1.23 bits per heavy atom. The Hall–Kier alpha value is -2.43. The number of benzene rings is 1. The highest BCUT2D eigenvalue weighted by Crippen LogP contribution is 2.34. The largest absolute Gasteiger partial charge is 0.486 e. The number of fused-ring (bicyclic) bond motifs is 1. The summed E-state index contributed by atoms with van der Waals surface area (Å²) in [5.41, 5.74) is 1.47. The van der Waals surface area contributed by atoms with Gasteiger partial charge < -0.3 is 19.2 Å². The van der Waals surface area contributed by atoms with E-state index in [-0.39, 0.29) is 11.9 Å². The number of nitrogens with one attached hydrogen (secondary N) is 1. The maximum Gasteiger partial charge on any atom is 0.255 e. The molecule has 116 valence electrons. The van der Waals surface area contributed by atoms with Crippen molar-refractivity contribution in [3.05, 3.63) is 46.9 Å². The molecule has 2 aromatic rings. The minimum atomic E-state index is -0.187. The lowest BCUT2D eigenvalue weighted by Gasteiger charge is -2.21. The Morgan fingerprint density at radius 2 is 2.00 bits per heavy atom. The van der Waals surface area contributed by atoms with E-state index in [1.165, 1.54) is 0 Å². The van der Waals surface area contributed by atoms with E-state index >= 15 is 0 Å². The van der Waals surface area contributed by atoms with Gasteiger partial charge in [0.05, 0.1) is 11.6 Å². The van der Waals surface area contributed by atoms with Gasteiger partial charge >= 0.3 is 0 Å². The predicted octanol–water partition coefficient (Wildman–Crippen LogP) is 3.16. The average molecular weight is 301 g/mol. The van der Waals surface area contributed by atoms with E-state index in [0.29, 0.717) is 30.3 Å². The molecule has 5 heteroatoms. The average Bonchev–Trinajstić information content (AvgIpc) is 2.85. The summed E-state index contributed by atoms with van der Waals surface area (Å²) in [5.74, 6) is 2.59. The fraction of sp³-hybridized carbons (Fsp3) is 0.353. The summed E-state index contributed by atoms with van der Waals surface area (Å²) in [6, 6.07) is 7.13. The molecule has 0 saturated carbocycles. The summed E-state index contributed by atoms with van der Waals surface area (Å²) in [4.78, 5) is 12.5. The van der Waals surface area contributed by atoms with Gasteiger partial charge in [0.2, 0.25) is 0 Å². The van der Waals surface area contributed by atoms with Gasteiger partial charge in [-0.3, -0.25) is 4.79 Å². The Morgan fingerprint density at radius 3 is 2.73 bits per heavy atom. The zero-order valence-corrected chi connectivity index (χ0v) is 12.9. The summed E-state index contributed by atoms with van der Waals surface area (Å²) in [6.45, 7) is 6.67. The fourth-order valence-corrected chi connectivity index (χ4v) is 2.69. The normalized spacial score (nSPS) is 14.5. The molecule has 0 radical (unpaired) electrons. The third kappa shape index (κ3) is 2.66. The third-order valence-electron chi connectivity index (χ3n) is 3.70. The van der Waals surface area contributed by atoms with Crippen LogP contribution in [-0.4, -0.2) is 19.1 Å². The first-order chi connectivity index (χ1) is 10.6. The lowest BCUT2D eigenvalue weighted by atomic mass is 10.1. The topological polar surface area (TPSA) is 60.7 Å². The zero-order valence-electron chi connectivity index (χ0n) is 12.9. The molecule has 0 saturated heterocycles. The molecule has 1 aromatic carbocycles. The minimum Gasteiger partial charge on any atom is -0.486 e. The lowest BCUT2D eigenvalue weighted by molar-refractivity contribution is 0.0928. The van der Waals surface area contributed by atoms with E-state index in [1.54, 1.807) is 18.2 Å². The van der Waals surface area contributed by atoms with Gasteiger partial charge in [-0.25, -0.2) is 0 Å². The molecule has 3 rings (SSSR count). The molecular weight excluding hydrogens is 282 g/mol. The number of aryl methyl sites for hydroxylation is 2. The van der Waals surface area contributed by atoms with Gasteiger partial charge in [0.25, 0.3) is 5.91 Å². The van der Waals surface area contributed by atoms with E-state index in [4.69, 9.17) is 13.9 Å². The molecular formula is C17H19NO4. The predicted molar refractivity (Wildman–Crippen MR) is 81.5 cm³/mol. The second-order valence-corrected chi connectivity index (χ2v) is 5.39. The van der Waals surface area contributed by atoms with E-state index in [1.807, 2.05) is 26.8 Å². The van der Waals surface area contributed by atoms with Crippen LogP contribution in [0, 0.1) is 13.8 Å². The molecule has 1 aliphatic rings. The van der Waals surface area contributed by atoms with Crippen LogP contribution in [0.1, 0.15) is 40.4 Å². The van der Waals surface area contributed by atoms with Crippen molar-refractivity contribution in [2.75, 3.05) is 13.2 Å². The van der Waals surface area contributed by atoms with Crippen molar-refractivity contribution in [3.8, 4) is 11.5 Å². The molecule has 5 nitrogen and oxygen atoms in total. The van der Waals surface area contributed by atoms with Crippen LogP contribution >= 0.6 is 0 Å². The van der Waals surface area contributed by atoms with Crippen molar-refractivity contribution in [1.82, 2.24) is 5.32 Å². The highest BCUT2D eigenvalue weighted by molar-refractivity contribution is 5.98. The quantitative estimate of drug-likeness (QED) is 0.946. The molecule has 1 aromatic heterocycles. The van der Waals surface area contributed by atoms with Gasteiger partial charge in [0.1, 0.15) is 24.7 Å². The molecule has 1 atom stereocenters. The van der Waals surface area contributed by atoms with Crippen molar-refractivity contribution >= 4 is 5.91 Å². The molecule has 1 amide bonds. The van der Waals surface area contributed by atoms with Crippen LogP contribution < -0.4 is 14.8 Å². The van der Waals surface area contributed by atoms with Crippen LogP contribution in [0.5, 0.6) is 11.5 Å². The van der Waals surface area contributed by atoms with Crippen LogP contribution in [0.3, 0.4) is 0 Å². The number of carbonyl (C=O) groups is 1. The number of hydrogen-bond acceptors (Lipinski definition) is 4. The second-order valence-electron chi connectivity index (χ2n) is 5.39. The van der Waals surface area contributed by atoms with Crippen LogP contribution in [0.2, 0.25) is 0 Å². The van der Waals surface area contributed by atoms with Crippen molar-refractivity contribution in [1.29, 1.82) is 0 Å². The van der Waals surface area contributed by atoms with Crippen molar-refractivity contribution in [2.45, 2.75) is 26.8 Å². The van der Waals surface area contributed by atoms with Crippen LogP contribution in [-0.2, 0) is 0 Å². The minimum absolute atomic E-state index is 0.148. The first-order valence-electron chi connectivity index (χ1n) is 7.32. The van der Waals surface area contributed by atoms with E-state index in [0.717, 1.165) is 17.1 Å². The first-order valence-corrected chi connectivity index (χ1v) is 7.32. The van der Waals surface area contributed by atoms with Gasteiger partial charge in [-0.2, -0.15) is 0 Å². The Kier molecular flexibility index (Phi) is 3.79. The molecule has 0 bridgehead atoms. The Bertz CT molecular complexity index is 705. The summed E-state index contributed by atoms with van der Waals surface area (Å²) in [7, 11) is 0. The number of rotatable bonds is 3. The number of ether oxygens (including phenoxy) is 2. The summed E-state index contributed by atoms with van der Waals surface area (Å²) in [6.07, 6.45) is 0. The van der Waals surface area contributed by atoms with Crippen molar-refractivity contribution in [2.24, 2.45) is 0 Å². The van der Waals surface area contributed by atoms with Crippen LogP contribution in [0.15, 0.2) is 28.7 Å². The lowest BCUT2D eigenvalue weighted by Crippen LogP contribution is -2.28. The summed E-state index contributed by atoms with van der Waals surface area (Å²) < 4.78 is 16.6. The maximum absolute atomic E-state index is 12.5. The van der Waals surface area contributed by atoms with Gasteiger partial charge in [-0.15, -0.1) is 0 Å². The van der Waals surface area contributed by atoms with Crippen LogP contribution in [0.25, 0.3) is 0 Å². The number of carbonyl (C=O) groups excluding carboxylic acids is 1. The Labute approximate surface area is 129 Å². The van der Waals surface area contributed by atoms with Gasteiger partial charge in [-0.1, -0.05) is 6.07 Å².